The zero-order valence-corrected chi connectivity index (χ0v) is 53.3. The smallest absolute Gasteiger partial charge is 0.306 e. The number of piperidine rings is 1. The molecule has 9 aromatic rings. The molecule has 23 nitrogen and oxygen atoms in total. The van der Waals surface area contributed by atoms with E-state index in [1.165, 1.54) is 33.4 Å². The van der Waals surface area contributed by atoms with Crippen molar-refractivity contribution in [1.29, 1.82) is 0 Å². The third-order valence-electron chi connectivity index (χ3n) is 15.7. The molecule has 90 heavy (non-hydrogen) atoms. The van der Waals surface area contributed by atoms with E-state index >= 15 is 4.79 Å². The monoisotopic (exact) mass is 1330 g/mol. The highest BCUT2D eigenvalue weighted by Gasteiger charge is 2.37. The quantitative estimate of drug-likeness (QED) is 0.0542. The van der Waals surface area contributed by atoms with Gasteiger partial charge in [-0.3, -0.25) is 33.6 Å². The largest absolute Gasteiger partial charge is 0.481 e. The lowest BCUT2D eigenvalue weighted by Crippen LogP contribution is -2.51. The number of aliphatic hydroxyl groups excluding tert-OH is 2. The number of amides is 5. The standard InChI is InChI=1S/C61H59N13O10S6/c1-28-9-11-31(12-10-28)19-37-52(80)72-47(29(2)45(76)22-74-17-15-33(16-18-74)61(83)84)60-71-43(27-89-60)58-67-39(23-87-58)49-34(13-14-36(64-49)57-68-40(24-88-57)51(63)79)55-69-42(25-85-55)54(82)66-38(21-46(62)77)59-73-48(30(3)90-59)44(75)20-35(50(78)32-7-5-4-6-8-32)56-70-41(26-86-56)53(81)65-37/h4-14,23-27,29,33,35,37-38,45,47,50,76,78H,15-22H2,1-3H3,(H2,62,77)(H2,63,79)(H,65,81)(H,66,82)(H,72,80)(H,83,84)/t29-,35-,37-,38-,45-,47-,50+/m0/s1. The van der Waals surface area contributed by atoms with Crippen LogP contribution < -0.4 is 27.4 Å². The van der Waals surface area contributed by atoms with E-state index in [0.717, 1.165) is 56.5 Å². The van der Waals surface area contributed by atoms with Crippen molar-refractivity contribution >= 4 is 109 Å². The number of aliphatic hydroxyl groups is 2. The summed E-state index contributed by atoms with van der Waals surface area (Å²) in [5.41, 5.74) is 15.5. The molecular weight excluding hydrogens is 1270 g/mol. The Labute approximate surface area is 538 Å². The van der Waals surface area contributed by atoms with Crippen LogP contribution in [0.25, 0.3) is 43.4 Å². The highest BCUT2D eigenvalue weighted by Crippen LogP contribution is 2.41. The fourth-order valence-electron chi connectivity index (χ4n) is 10.6. The van der Waals surface area contributed by atoms with Crippen molar-refractivity contribution in [2.45, 2.75) is 89.1 Å². The highest BCUT2D eigenvalue weighted by atomic mass is 32.1. The zero-order chi connectivity index (χ0) is 63.5. The maximum Gasteiger partial charge on any atom is 0.306 e. The fraction of sp³-hybridized carbons (Fsp3) is 0.311. The number of carbonyl (C=O) groups excluding carboxylic acids is 6. The van der Waals surface area contributed by atoms with Crippen molar-refractivity contribution in [1.82, 2.24) is 55.7 Å². The lowest BCUT2D eigenvalue weighted by atomic mass is 9.90. The molecule has 7 aromatic heterocycles. The summed E-state index contributed by atoms with van der Waals surface area (Å²) in [5.74, 6) is -7.08. The molecule has 10 bridgehead atoms. The van der Waals surface area contributed by atoms with Gasteiger partial charge < -0.3 is 47.6 Å². The summed E-state index contributed by atoms with van der Waals surface area (Å²) in [4.78, 5) is 132. The molecule has 0 spiro atoms. The third-order valence-corrected chi connectivity index (χ3v) is 21.3. The maximum absolute atomic E-state index is 15.2. The van der Waals surface area contributed by atoms with Gasteiger partial charge in [0.15, 0.2) is 5.78 Å². The molecule has 0 radical (unpaired) electrons. The Balaban J connectivity index is 1.01. The molecule has 9 heterocycles. The lowest BCUT2D eigenvalue weighted by Gasteiger charge is -2.35. The van der Waals surface area contributed by atoms with Crippen LogP contribution in [0.5, 0.6) is 0 Å². The second-order valence-electron chi connectivity index (χ2n) is 22.0. The first-order valence-corrected chi connectivity index (χ1v) is 33.7. The van der Waals surface area contributed by atoms with E-state index in [2.05, 4.69) is 20.9 Å². The number of primary amides is 2. The molecule has 2 aliphatic rings. The van der Waals surface area contributed by atoms with E-state index in [0.29, 0.717) is 84.7 Å². The molecule has 2 aromatic carbocycles. The van der Waals surface area contributed by atoms with Crippen LogP contribution >= 0.6 is 68.0 Å². The first-order valence-electron chi connectivity index (χ1n) is 28.5. The number of pyridine rings is 1. The first kappa shape index (κ1) is 63.3. The number of nitrogens with one attached hydrogen (secondary N) is 3. The molecule has 1 saturated heterocycles. The molecule has 29 heteroatoms. The zero-order valence-electron chi connectivity index (χ0n) is 48.4. The number of Topliss-reactive ketones (excluding diaryl/α,β-unsaturated/α-hetero) is 1. The molecule has 11 rings (SSSR count). The van der Waals surface area contributed by atoms with Crippen LogP contribution in [0.4, 0.5) is 0 Å². The second kappa shape index (κ2) is 27.5. The summed E-state index contributed by atoms with van der Waals surface area (Å²) in [7, 11) is 0. The number of carboxylic acid groups (broad SMARTS) is 1. The molecule has 0 saturated carbocycles. The number of likely N-dealkylation sites (tertiary alicyclic amines) is 1. The van der Waals surface area contributed by atoms with Gasteiger partial charge in [0.25, 0.3) is 17.7 Å². The van der Waals surface area contributed by atoms with Crippen molar-refractivity contribution in [3.63, 3.8) is 0 Å². The minimum Gasteiger partial charge on any atom is -0.481 e. The van der Waals surface area contributed by atoms with E-state index in [1.54, 1.807) is 72.5 Å². The number of hydrogen-bond donors (Lipinski definition) is 8. The van der Waals surface area contributed by atoms with Crippen molar-refractivity contribution in [3.05, 3.63) is 153 Å². The van der Waals surface area contributed by atoms with Crippen LogP contribution in [0, 0.1) is 25.7 Å². The number of hydrogen-bond acceptors (Lipinski definition) is 23. The minimum absolute atomic E-state index is 0.0208. The Morgan fingerprint density at radius 2 is 1.29 bits per heavy atom. The molecule has 1 fully saturated rings. The van der Waals surface area contributed by atoms with Gasteiger partial charge in [-0.15, -0.1) is 68.0 Å². The average molecular weight is 1330 g/mol. The maximum atomic E-state index is 15.2. The van der Waals surface area contributed by atoms with Crippen LogP contribution in [0.2, 0.25) is 0 Å². The number of nitrogens with zero attached hydrogens (tertiary/aromatic N) is 8. The van der Waals surface area contributed by atoms with E-state index in [4.69, 9.17) is 41.4 Å². The van der Waals surface area contributed by atoms with Gasteiger partial charge in [-0.1, -0.05) is 67.1 Å². The van der Waals surface area contributed by atoms with E-state index in [9.17, 15) is 44.1 Å². The summed E-state index contributed by atoms with van der Waals surface area (Å²) in [6.45, 7) is 6.45. The fourth-order valence-corrected chi connectivity index (χ4v) is 15.9. The van der Waals surface area contributed by atoms with Crippen LogP contribution in [0.3, 0.4) is 0 Å². The number of fused-ring (bicyclic) bond motifs is 14. The Hall–Kier alpha value is -8.26. The summed E-state index contributed by atoms with van der Waals surface area (Å²) in [5, 5.41) is 53.1. The van der Waals surface area contributed by atoms with Crippen molar-refractivity contribution in [2.24, 2.45) is 23.3 Å². The summed E-state index contributed by atoms with van der Waals surface area (Å²) in [6, 6.07) is 16.3. The van der Waals surface area contributed by atoms with Crippen LogP contribution in [0.15, 0.2) is 93.6 Å². The lowest BCUT2D eigenvalue weighted by molar-refractivity contribution is -0.143. The molecule has 0 aliphatic carbocycles. The van der Waals surface area contributed by atoms with E-state index in [-0.39, 0.29) is 58.6 Å². The van der Waals surface area contributed by atoms with Gasteiger partial charge in [0.1, 0.15) is 70.9 Å². The van der Waals surface area contributed by atoms with Gasteiger partial charge in [0.05, 0.1) is 47.3 Å². The molecule has 0 unspecified atom stereocenters. The average Bonchev–Trinajstić information content (AvgIpc) is 1.63. The first-order chi connectivity index (χ1) is 43.2. The minimum atomic E-state index is -1.31. The number of nitrogens with two attached hydrogens (primary N) is 2. The Bertz CT molecular complexity index is 4150. The number of carboxylic acids is 1. The Morgan fingerprint density at radius 1 is 0.656 bits per heavy atom. The van der Waals surface area contributed by atoms with Gasteiger partial charge in [-0.05, 0) is 63.0 Å². The van der Waals surface area contributed by atoms with Crippen molar-refractivity contribution < 1.29 is 48.9 Å². The van der Waals surface area contributed by atoms with E-state index < -0.39 is 89.4 Å². The van der Waals surface area contributed by atoms with Crippen LogP contribution in [0.1, 0.15) is 135 Å². The number of aliphatic carboxylic acids is 1. The number of aryl methyl sites for hydroxylation is 2. The molecule has 7 atom stereocenters. The summed E-state index contributed by atoms with van der Waals surface area (Å²) in [6.07, 6.45) is -2.25. The molecule has 10 N–H and O–H groups in total. The highest BCUT2D eigenvalue weighted by molar-refractivity contribution is 7.15. The Kier molecular flexibility index (Phi) is 19.3. The number of β-amino-alcohol motifs (C(OH)–C–C–N with tert-alkyl or cyclic N) is 1. The summed E-state index contributed by atoms with van der Waals surface area (Å²) >= 11 is 6.92. The predicted octanol–water partition coefficient (Wildman–Crippen LogP) is 7.95. The SMILES string of the molecule is Cc1ccc(C[C@@H]2NC(=O)c3csc(n3)[C@H]([C@H](O)c3ccccc3)CC(=O)c3nc(sc3C)[C@H](CC(N)=O)NC(=O)c3csc(n3)-c3ccc(-c4nc(C(N)=O)cs4)nc3-c3csc(n3)-c3csc(n3)[C@H]([C@@H](C)[C@@H](O)CN3CCC(C(=O)O)CC3)NC2=O)cc1. The molecule has 5 amide bonds. The van der Waals surface area contributed by atoms with Gasteiger partial charge in [0, 0.05) is 68.6 Å². The van der Waals surface area contributed by atoms with Crippen LogP contribution in [-0.4, -0.2) is 128 Å². The normalized spacial score (nSPS) is 19.0. The molecular formula is C61H59N13O10S6. The van der Waals surface area contributed by atoms with Gasteiger partial charge >= 0.3 is 5.97 Å². The van der Waals surface area contributed by atoms with Crippen LogP contribution in [-0.2, 0) is 20.8 Å². The Morgan fingerprint density at radius 3 is 2.00 bits per heavy atom. The molecule has 464 valence electrons. The second-order valence-corrected chi connectivity index (χ2v) is 27.6. The molecule has 2 aliphatic heterocycles. The van der Waals surface area contributed by atoms with Crippen molar-refractivity contribution in [2.75, 3.05) is 19.6 Å². The number of thiazole rings is 6. The van der Waals surface area contributed by atoms with Gasteiger partial charge in [-0.25, -0.2) is 34.9 Å². The number of ketones is 1. The van der Waals surface area contributed by atoms with E-state index in [1.807, 2.05) is 36.1 Å². The third kappa shape index (κ3) is 14.3. The number of benzene rings is 2. The van der Waals surface area contributed by atoms with Gasteiger partial charge in [-0.2, -0.15) is 0 Å². The van der Waals surface area contributed by atoms with Gasteiger partial charge in [0.2, 0.25) is 11.8 Å². The summed E-state index contributed by atoms with van der Waals surface area (Å²) < 4.78 is 0. The number of aromatic nitrogens is 7. The van der Waals surface area contributed by atoms with Crippen molar-refractivity contribution in [3.8, 4) is 43.4 Å². The predicted molar refractivity (Wildman–Crippen MR) is 342 cm³/mol. The topological polar surface area (TPSA) is 362 Å². The number of rotatable bonds is 13. The number of carbonyl (C=O) groups is 7.